The molecular formula is C20H32ClNO3. The maximum absolute atomic E-state index is 11.5. The molecule has 1 heterocycles. The number of nitrogens with one attached hydrogen (secondary N) is 1. The van der Waals surface area contributed by atoms with E-state index in [1.54, 1.807) is 0 Å². The summed E-state index contributed by atoms with van der Waals surface area (Å²) in [5, 5.41) is 3.14. The molecule has 2 rings (SSSR count). The van der Waals surface area contributed by atoms with E-state index in [0.29, 0.717) is 13.0 Å². The molecular weight excluding hydrogens is 338 g/mol. The predicted molar refractivity (Wildman–Crippen MR) is 104 cm³/mol. The van der Waals surface area contributed by atoms with Crippen molar-refractivity contribution in [3.8, 4) is 5.75 Å². The van der Waals surface area contributed by atoms with Gasteiger partial charge in [0, 0.05) is 13.0 Å². The van der Waals surface area contributed by atoms with Crippen molar-refractivity contribution in [1.29, 1.82) is 0 Å². The van der Waals surface area contributed by atoms with Crippen molar-refractivity contribution in [2.45, 2.75) is 65.0 Å². The van der Waals surface area contributed by atoms with Crippen LogP contribution in [0, 0.1) is 5.41 Å². The summed E-state index contributed by atoms with van der Waals surface area (Å²) in [6.07, 6.45) is 1.76. The van der Waals surface area contributed by atoms with Crippen LogP contribution in [0.2, 0.25) is 0 Å². The zero-order valence-electron chi connectivity index (χ0n) is 16.2. The molecule has 142 valence electrons. The maximum atomic E-state index is 11.5. The van der Waals surface area contributed by atoms with Gasteiger partial charge in [0.25, 0.3) is 0 Å². The summed E-state index contributed by atoms with van der Waals surface area (Å²) in [6, 6.07) is 8.11. The molecule has 4 nitrogen and oxygen atoms in total. The van der Waals surface area contributed by atoms with Crippen molar-refractivity contribution in [2.75, 3.05) is 13.7 Å². The highest BCUT2D eigenvalue weighted by molar-refractivity contribution is 5.85. The highest BCUT2D eigenvalue weighted by atomic mass is 35.5. The van der Waals surface area contributed by atoms with E-state index in [1.165, 1.54) is 12.7 Å². The standard InChI is InChI=1S/C20H31NO3.ClH/c1-19(2,3)13-20(4,5)14-7-9-15(10-8-14)24-16-11-17(21-12-16)18(22)23-6;/h7-10,16-17,21H,11-13H2,1-6H3;1H. The quantitative estimate of drug-likeness (QED) is 0.793. The SMILES string of the molecule is COC(=O)C1CC(Oc2ccc(C(C)(C)CC(C)(C)C)cc2)CN1.Cl. The third kappa shape index (κ3) is 6.19. The summed E-state index contributed by atoms with van der Waals surface area (Å²) in [5.41, 5.74) is 1.74. The Morgan fingerprint density at radius 2 is 1.76 bits per heavy atom. The van der Waals surface area contributed by atoms with E-state index in [9.17, 15) is 4.79 Å². The minimum absolute atomic E-state index is 0. The number of rotatable bonds is 5. The molecule has 1 fully saturated rings. The van der Waals surface area contributed by atoms with Crippen LogP contribution in [0.3, 0.4) is 0 Å². The Balaban J connectivity index is 0.00000312. The van der Waals surface area contributed by atoms with Crippen molar-refractivity contribution in [3.63, 3.8) is 0 Å². The molecule has 2 unspecified atom stereocenters. The Hall–Kier alpha value is -1.26. The molecule has 1 N–H and O–H groups in total. The second-order valence-corrected chi connectivity index (χ2v) is 8.61. The summed E-state index contributed by atoms with van der Waals surface area (Å²) < 4.78 is 10.8. The molecule has 0 aliphatic carbocycles. The lowest BCUT2D eigenvalue weighted by atomic mass is 9.72. The first-order valence-electron chi connectivity index (χ1n) is 8.69. The van der Waals surface area contributed by atoms with Crippen molar-refractivity contribution >= 4 is 18.4 Å². The van der Waals surface area contributed by atoms with Gasteiger partial charge in [-0.2, -0.15) is 0 Å². The number of ether oxygens (including phenoxy) is 2. The molecule has 0 saturated carbocycles. The topological polar surface area (TPSA) is 47.6 Å². The fraction of sp³-hybridized carbons (Fsp3) is 0.650. The highest BCUT2D eigenvalue weighted by Crippen LogP contribution is 2.36. The van der Waals surface area contributed by atoms with Gasteiger partial charge in [-0.05, 0) is 34.9 Å². The van der Waals surface area contributed by atoms with E-state index in [-0.39, 0.29) is 41.4 Å². The number of carbonyl (C=O) groups excluding carboxylic acids is 1. The number of benzene rings is 1. The molecule has 1 aliphatic rings. The Labute approximate surface area is 158 Å². The van der Waals surface area contributed by atoms with Gasteiger partial charge in [0.2, 0.25) is 0 Å². The van der Waals surface area contributed by atoms with Crippen LogP contribution in [-0.2, 0) is 14.9 Å². The number of hydrogen-bond donors (Lipinski definition) is 1. The molecule has 0 bridgehead atoms. The van der Waals surface area contributed by atoms with Gasteiger partial charge in [0.05, 0.1) is 7.11 Å². The van der Waals surface area contributed by atoms with E-state index < -0.39 is 0 Å². The van der Waals surface area contributed by atoms with Crippen LogP contribution in [0.1, 0.15) is 53.0 Å². The lowest BCUT2D eigenvalue weighted by molar-refractivity contribution is -0.142. The average Bonchev–Trinajstić information content (AvgIpc) is 2.93. The van der Waals surface area contributed by atoms with Gasteiger partial charge in [0.1, 0.15) is 17.9 Å². The first-order chi connectivity index (χ1) is 11.1. The summed E-state index contributed by atoms with van der Waals surface area (Å²) in [7, 11) is 1.41. The Morgan fingerprint density at radius 3 is 2.28 bits per heavy atom. The molecule has 5 heteroatoms. The molecule has 0 aromatic heterocycles. The number of methoxy groups -OCH3 is 1. The zero-order chi connectivity index (χ0) is 18.0. The minimum atomic E-state index is -0.259. The van der Waals surface area contributed by atoms with Crippen molar-refractivity contribution in [1.82, 2.24) is 5.32 Å². The number of esters is 1. The molecule has 1 aliphatic heterocycles. The largest absolute Gasteiger partial charge is 0.489 e. The smallest absolute Gasteiger partial charge is 0.323 e. The summed E-state index contributed by atoms with van der Waals surface area (Å²) in [4.78, 5) is 11.5. The average molecular weight is 370 g/mol. The molecule has 25 heavy (non-hydrogen) atoms. The number of carbonyl (C=O) groups is 1. The molecule has 1 aromatic carbocycles. The summed E-state index contributed by atoms with van der Waals surface area (Å²) in [5.74, 6) is 0.628. The predicted octanol–water partition coefficient (Wildman–Crippen LogP) is 4.10. The number of halogens is 1. The molecule has 1 aromatic rings. The van der Waals surface area contributed by atoms with Crippen LogP contribution in [0.5, 0.6) is 5.75 Å². The highest BCUT2D eigenvalue weighted by Gasteiger charge is 2.31. The van der Waals surface area contributed by atoms with Crippen molar-refractivity contribution in [2.24, 2.45) is 5.41 Å². The van der Waals surface area contributed by atoms with E-state index >= 15 is 0 Å². The second-order valence-electron chi connectivity index (χ2n) is 8.61. The normalized spacial score (nSPS) is 20.7. The third-order valence-electron chi connectivity index (χ3n) is 4.49. The molecule has 0 spiro atoms. The van der Waals surface area contributed by atoms with Crippen LogP contribution in [-0.4, -0.2) is 31.8 Å². The second kappa shape index (κ2) is 8.41. The molecule has 0 amide bonds. The van der Waals surface area contributed by atoms with Crippen LogP contribution >= 0.6 is 12.4 Å². The third-order valence-corrected chi connectivity index (χ3v) is 4.49. The fourth-order valence-electron chi connectivity index (χ4n) is 3.72. The first kappa shape index (κ1) is 21.8. The van der Waals surface area contributed by atoms with Gasteiger partial charge in [-0.25, -0.2) is 0 Å². The van der Waals surface area contributed by atoms with E-state index in [1.807, 2.05) is 12.1 Å². The van der Waals surface area contributed by atoms with E-state index in [2.05, 4.69) is 52.1 Å². The van der Waals surface area contributed by atoms with Crippen LogP contribution in [0.4, 0.5) is 0 Å². The van der Waals surface area contributed by atoms with E-state index in [0.717, 1.165) is 12.2 Å². The van der Waals surface area contributed by atoms with Crippen molar-refractivity contribution in [3.05, 3.63) is 29.8 Å². The van der Waals surface area contributed by atoms with Crippen LogP contribution in [0.15, 0.2) is 24.3 Å². The van der Waals surface area contributed by atoms with Gasteiger partial charge in [-0.3, -0.25) is 4.79 Å². The minimum Gasteiger partial charge on any atom is -0.489 e. The first-order valence-corrected chi connectivity index (χ1v) is 8.69. The summed E-state index contributed by atoms with van der Waals surface area (Å²) >= 11 is 0. The lowest BCUT2D eigenvalue weighted by Gasteiger charge is -2.33. The fourth-order valence-corrected chi connectivity index (χ4v) is 3.72. The van der Waals surface area contributed by atoms with Gasteiger partial charge in [0.15, 0.2) is 0 Å². The summed E-state index contributed by atoms with van der Waals surface area (Å²) in [6.45, 7) is 12.1. The Bertz CT molecular complexity index is 563. The zero-order valence-corrected chi connectivity index (χ0v) is 17.0. The van der Waals surface area contributed by atoms with Gasteiger partial charge < -0.3 is 14.8 Å². The lowest BCUT2D eigenvalue weighted by Crippen LogP contribution is -2.31. The monoisotopic (exact) mass is 369 g/mol. The maximum Gasteiger partial charge on any atom is 0.323 e. The van der Waals surface area contributed by atoms with Crippen LogP contribution < -0.4 is 10.1 Å². The van der Waals surface area contributed by atoms with Gasteiger partial charge in [-0.1, -0.05) is 46.8 Å². The molecule has 2 atom stereocenters. The Kier molecular flexibility index (Phi) is 7.33. The van der Waals surface area contributed by atoms with Gasteiger partial charge >= 0.3 is 5.97 Å². The Morgan fingerprint density at radius 1 is 1.16 bits per heavy atom. The van der Waals surface area contributed by atoms with E-state index in [4.69, 9.17) is 9.47 Å². The number of hydrogen-bond acceptors (Lipinski definition) is 4. The van der Waals surface area contributed by atoms with Crippen LogP contribution in [0.25, 0.3) is 0 Å². The molecule has 0 radical (unpaired) electrons. The van der Waals surface area contributed by atoms with Crippen molar-refractivity contribution < 1.29 is 14.3 Å². The van der Waals surface area contributed by atoms with Gasteiger partial charge in [-0.15, -0.1) is 12.4 Å². The molecule has 1 saturated heterocycles.